The van der Waals surface area contributed by atoms with Gasteiger partial charge in [-0.15, -0.1) is 0 Å². The van der Waals surface area contributed by atoms with Crippen LogP contribution in [0.15, 0.2) is 108 Å². The number of carbonyl (C=O) groups is 1. The number of anilines is 1. The number of hydrogen-bond donors (Lipinski definition) is 1. The Morgan fingerprint density at radius 3 is 2.34 bits per heavy atom. The van der Waals surface area contributed by atoms with E-state index < -0.39 is 10.0 Å². The fourth-order valence-corrected chi connectivity index (χ4v) is 6.88. The number of rotatable bonds is 7. The van der Waals surface area contributed by atoms with Gasteiger partial charge in [0.1, 0.15) is 5.82 Å². The van der Waals surface area contributed by atoms with Gasteiger partial charge in [0.25, 0.3) is 15.9 Å². The lowest BCUT2D eigenvalue weighted by Gasteiger charge is -2.31. The molecule has 0 atom stereocenters. The Hall–Kier alpha value is -4.14. The van der Waals surface area contributed by atoms with Gasteiger partial charge < -0.3 is 9.88 Å². The van der Waals surface area contributed by atoms with E-state index >= 15 is 0 Å². The number of nitrogens with one attached hydrogen (secondary N) is 1. The Balaban J connectivity index is 1.23. The molecule has 0 unspecified atom stereocenters. The lowest BCUT2D eigenvalue weighted by molar-refractivity contribution is 0.0711. The Bertz CT molecular complexity index is 1750. The molecule has 1 aliphatic rings. The van der Waals surface area contributed by atoms with Crippen LogP contribution < -0.4 is 4.31 Å². The maximum atomic E-state index is 13.8. The normalized spacial score (nSPS) is 14.3. The quantitative estimate of drug-likeness (QED) is 0.233. The molecule has 0 spiro atoms. The zero-order valence-corrected chi connectivity index (χ0v) is 23.9. The Morgan fingerprint density at radius 2 is 1.61 bits per heavy atom. The molecule has 0 bridgehead atoms. The largest absolute Gasteiger partial charge is 0.342 e. The number of amides is 1. The Kier molecular flexibility index (Phi) is 7.51. The van der Waals surface area contributed by atoms with Crippen molar-refractivity contribution in [1.29, 1.82) is 0 Å². The molecule has 1 N–H and O–H groups in total. The van der Waals surface area contributed by atoms with E-state index in [1.165, 1.54) is 4.31 Å². The van der Waals surface area contributed by atoms with Gasteiger partial charge in [-0.05, 0) is 73.0 Å². The summed E-state index contributed by atoms with van der Waals surface area (Å²) in [6.45, 7) is 1.29. The first kappa shape index (κ1) is 27.1. The minimum absolute atomic E-state index is 0.0922. The summed E-state index contributed by atoms with van der Waals surface area (Å²) in [4.78, 5) is 23.8. The van der Waals surface area contributed by atoms with Gasteiger partial charge >= 0.3 is 0 Å². The van der Waals surface area contributed by atoms with Crippen molar-refractivity contribution in [3.05, 3.63) is 125 Å². The third-order valence-electron chi connectivity index (χ3n) is 7.53. The summed E-state index contributed by atoms with van der Waals surface area (Å²) < 4.78 is 29.0. The fraction of sp³-hybridized carbons (Fsp3) is 0.188. The van der Waals surface area contributed by atoms with Crippen molar-refractivity contribution in [1.82, 2.24) is 14.9 Å². The van der Waals surface area contributed by atoms with Crippen LogP contribution in [-0.2, 0) is 16.6 Å². The molecule has 1 amide bonds. The summed E-state index contributed by atoms with van der Waals surface area (Å²) in [5, 5.41) is 0.572. The summed E-state index contributed by atoms with van der Waals surface area (Å²) in [6.07, 6.45) is 1.60. The number of piperidine rings is 1. The summed E-state index contributed by atoms with van der Waals surface area (Å²) in [5.74, 6) is 1.10. The number of aromatic nitrogens is 2. The summed E-state index contributed by atoms with van der Waals surface area (Å²) in [5.41, 5.74) is 3.62. The highest BCUT2D eigenvalue weighted by atomic mass is 35.5. The predicted molar refractivity (Wildman–Crippen MR) is 162 cm³/mol. The van der Waals surface area contributed by atoms with E-state index in [-0.39, 0.29) is 23.3 Å². The number of carbonyl (C=O) groups excluding carboxylic acids is 1. The highest BCUT2D eigenvalue weighted by Gasteiger charge is 2.29. The standard InChI is InChI=1S/C32H29ClN4O3S/c33-26-15-13-23(14-16-26)22-37(41(39,40)28-9-2-1-3-10-28)27-8-6-7-25(21-27)32(38)36-19-17-24(18-20-36)31-34-29-11-4-5-12-30(29)35-31/h1-16,21,24H,17-20,22H2,(H,34,35). The average Bonchev–Trinajstić information content (AvgIpc) is 3.45. The number of para-hydroxylation sites is 2. The van der Waals surface area contributed by atoms with Crippen LogP contribution in [0, 0.1) is 0 Å². The number of sulfonamides is 1. The van der Waals surface area contributed by atoms with E-state index in [0.717, 1.165) is 35.3 Å². The summed E-state index contributed by atoms with van der Waals surface area (Å²) >= 11 is 6.06. The molecule has 6 rings (SSSR count). The number of halogens is 1. The van der Waals surface area contributed by atoms with E-state index in [0.29, 0.717) is 29.4 Å². The molecule has 1 aliphatic heterocycles. The molecule has 41 heavy (non-hydrogen) atoms. The van der Waals surface area contributed by atoms with Crippen molar-refractivity contribution in [3.8, 4) is 0 Å². The van der Waals surface area contributed by atoms with Gasteiger partial charge in [-0.3, -0.25) is 9.10 Å². The van der Waals surface area contributed by atoms with Crippen LogP contribution in [-0.4, -0.2) is 42.3 Å². The molecule has 1 saturated heterocycles. The number of aromatic amines is 1. The third-order valence-corrected chi connectivity index (χ3v) is 9.57. The highest BCUT2D eigenvalue weighted by Crippen LogP contribution is 2.30. The summed E-state index contributed by atoms with van der Waals surface area (Å²) in [7, 11) is -3.91. The van der Waals surface area contributed by atoms with Crippen LogP contribution in [0.2, 0.25) is 5.02 Å². The molecule has 4 aromatic carbocycles. The predicted octanol–water partition coefficient (Wildman–Crippen LogP) is 6.63. The molecule has 5 aromatic rings. The fourth-order valence-electron chi connectivity index (χ4n) is 5.29. The Labute approximate surface area is 244 Å². The van der Waals surface area contributed by atoms with Gasteiger partial charge in [0, 0.05) is 29.6 Å². The number of likely N-dealkylation sites (tertiary alicyclic amines) is 1. The molecule has 7 nitrogen and oxygen atoms in total. The number of nitrogens with zero attached hydrogens (tertiary/aromatic N) is 3. The Morgan fingerprint density at radius 1 is 0.902 bits per heavy atom. The molecule has 1 fully saturated rings. The molecule has 0 aliphatic carbocycles. The number of H-pyrrole nitrogens is 1. The second kappa shape index (κ2) is 11.4. The van der Waals surface area contributed by atoms with Gasteiger partial charge in [0.2, 0.25) is 0 Å². The number of fused-ring (bicyclic) bond motifs is 1. The van der Waals surface area contributed by atoms with Crippen molar-refractivity contribution in [2.75, 3.05) is 17.4 Å². The van der Waals surface area contributed by atoms with E-state index in [1.54, 1.807) is 78.9 Å². The minimum Gasteiger partial charge on any atom is -0.342 e. The maximum Gasteiger partial charge on any atom is 0.264 e. The second-order valence-electron chi connectivity index (χ2n) is 10.2. The van der Waals surface area contributed by atoms with Crippen LogP contribution in [0.3, 0.4) is 0 Å². The molecule has 1 aromatic heterocycles. The molecule has 208 valence electrons. The molecule has 2 heterocycles. The van der Waals surface area contributed by atoms with E-state index in [9.17, 15) is 13.2 Å². The smallest absolute Gasteiger partial charge is 0.264 e. The maximum absolute atomic E-state index is 13.8. The molecular weight excluding hydrogens is 556 g/mol. The SMILES string of the molecule is O=C(c1cccc(N(Cc2ccc(Cl)cc2)S(=O)(=O)c2ccccc2)c1)N1CCC(c2nc3ccccc3[nH]2)CC1. The average molecular weight is 585 g/mol. The van der Waals surface area contributed by atoms with Crippen molar-refractivity contribution < 1.29 is 13.2 Å². The minimum atomic E-state index is -3.91. The van der Waals surface area contributed by atoms with E-state index in [1.807, 2.05) is 29.2 Å². The molecule has 0 radical (unpaired) electrons. The first-order valence-corrected chi connectivity index (χ1v) is 15.4. The number of hydrogen-bond acceptors (Lipinski definition) is 4. The van der Waals surface area contributed by atoms with Crippen molar-refractivity contribution >= 4 is 44.3 Å². The number of imidazole rings is 1. The zero-order chi connectivity index (χ0) is 28.4. The molecule has 0 saturated carbocycles. The first-order valence-electron chi connectivity index (χ1n) is 13.5. The lowest BCUT2D eigenvalue weighted by Crippen LogP contribution is -2.38. The van der Waals surface area contributed by atoms with Crippen LogP contribution >= 0.6 is 11.6 Å². The van der Waals surface area contributed by atoms with Gasteiger partial charge in [0.15, 0.2) is 0 Å². The van der Waals surface area contributed by atoms with Crippen LogP contribution in [0.4, 0.5) is 5.69 Å². The third kappa shape index (κ3) is 5.71. The van der Waals surface area contributed by atoms with Crippen LogP contribution in [0.25, 0.3) is 11.0 Å². The zero-order valence-electron chi connectivity index (χ0n) is 22.3. The molecular formula is C32H29ClN4O3S. The second-order valence-corrected chi connectivity index (χ2v) is 12.5. The monoisotopic (exact) mass is 584 g/mol. The van der Waals surface area contributed by atoms with Gasteiger partial charge in [-0.2, -0.15) is 0 Å². The van der Waals surface area contributed by atoms with Crippen molar-refractivity contribution in [3.63, 3.8) is 0 Å². The number of benzene rings is 4. The van der Waals surface area contributed by atoms with Gasteiger partial charge in [-0.25, -0.2) is 13.4 Å². The van der Waals surface area contributed by atoms with Crippen molar-refractivity contribution in [2.45, 2.75) is 30.2 Å². The first-order chi connectivity index (χ1) is 19.9. The van der Waals surface area contributed by atoms with E-state index in [4.69, 9.17) is 16.6 Å². The van der Waals surface area contributed by atoms with E-state index in [2.05, 4.69) is 4.98 Å². The molecule has 9 heteroatoms. The van der Waals surface area contributed by atoms with Crippen molar-refractivity contribution in [2.24, 2.45) is 0 Å². The topological polar surface area (TPSA) is 86.4 Å². The van der Waals surface area contributed by atoms with Gasteiger partial charge in [-0.1, -0.05) is 60.1 Å². The highest BCUT2D eigenvalue weighted by molar-refractivity contribution is 7.92. The van der Waals surface area contributed by atoms with Crippen LogP contribution in [0.1, 0.15) is 40.5 Å². The van der Waals surface area contributed by atoms with Crippen LogP contribution in [0.5, 0.6) is 0 Å². The van der Waals surface area contributed by atoms with Gasteiger partial charge in [0.05, 0.1) is 28.2 Å². The lowest BCUT2D eigenvalue weighted by atomic mass is 9.95. The summed E-state index contributed by atoms with van der Waals surface area (Å²) in [6, 6.07) is 30.2.